The first-order valence-corrected chi connectivity index (χ1v) is 22.2. The fraction of sp³-hybridized carbons (Fsp3) is 0.158. The Labute approximate surface area is 364 Å². The maximum absolute atomic E-state index is 6.28. The first-order chi connectivity index (χ1) is 30.7. The topological polar surface area (TPSA) is 66.6 Å². The van der Waals surface area contributed by atoms with Crippen LogP contribution in [0.1, 0.15) is 74.1 Å². The highest BCUT2D eigenvalue weighted by atomic mass is 16.5. The van der Waals surface area contributed by atoms with Gasteiger partial charge in [0.2, 0.25) is 0 Å². The average Bonchev–Trinajstić information content (AvgIpc) is 4.19. The van der Waals surface area contributed by atoms with Crippen LogP contribution < -0.4 is 4.74 Å². The minimum Gasteiger partial charge on any atom is -0.494 e. The van der Waals surface area contributed by atoms with Gasteiger partial charge in [0.05, 0.1) is 29.4 Å². The van der Waals surface area contributed by atoms with Crippen molar-refractivity contribution in [3.8, 4) is 50.3 Å². The Kier molecular flexibility index (Phi) is 11.4. The summed E-state index contributed by atoms with van der Waals surface area (Å²) in [6.45, 7) is 0.723. The van der Waals surface area contributed by atoms with Crippen LogP contribution in [0.2, 0.25) is 0 Å². The number of H-pyrrole nitrogens is 2. The molecule has 2 aliphatic heterocycles. The van der Waals surface area contributed by atoms with E-state index in [1.807, 2.05) is 0 Å². The van der Waals surface area contributed by atoms with Gasteiger partial charge in [-0.1, -0.05) is 153 Å². The normalized spacial score (nSPS) is 12.9. The summed E-state index contributed by atoms with van der Waals surface area (Å²) < 4.78 is 6.28. The Morgan fingerprint density at radius 2 is 0.823 bits per heavy atom. The van der Waals surface area contributed by atoms with Crippen molar-refractivity contribution in [2.24, 2.45) is 0 Å². The molecule has 0 atom stereocenters. The van der Waals surface area contributed by atoms with Crippen LogP contribution in [0.3, 0.4) is 0 Å². The van der Waals surface area contributed by atoms with E-state index in [-0.39, 0.29) is 0 Å². The van der Waals surface area contributed by atoms with Gasteiger partial charge in [-0.2, -0.15) is 0 Å². The molecule has 2 N–H and O–H groups in total. The summed E-state index contributed by atoms with van der Waals surface area (Å²) >= 11 is 0. The van der Waals surface area contributed by atoms with Gasteiger partial charge in [-0.25, -0.2) is 9.97 Å². The van der Waals surface area contributed by atoms with Crippen LogP contribution in [0.4, 0.5) is 0 Å². The first-order valence-electron chi connectivity index (χ1n) is 22.2. The van der Waals surface area contributed by atoms with E-state index in [9.17, 15) is 0 Å². The number of hydrogen-bond donors (Lipinski definition) is 2. The van der Waals surface area contributed by atoms with E-state index < -0.39 is 0 Å². The fourth-order valence-electron chi connectivity index (χ4n) is 8.98. The minimum absolute atomic E-state index is 0.723. The van der Waals surface area contributed by atoms with Crippen molar-refractivity contribution in [2.75, 3.05) is 6.61 Å². The molecule has 1 aliphatic carbocycles. The molecule has 10 rings (SSSR count). The second-order valence-electron chi connectivity index (χ2n) is 16.3. The number of hydrogen-bond acceptors (Lipinski definition) is 3. The minimum atomic E-state index is 0.723. The van der Waals surface area contributed by atoms with Crippen molar-refractivity contribution < 1.29 is 4.74 Å². The second kappa shape index (κ2) is 18.2. The first kappa shape index (κ1) is 38.9. The quantitative estimate of drug-likeness (QED) is 0.108. The Morgan fingerprint density at radius 3 is 1.24 bits per heavy atom. The summed E-state index contributed by atoms with van der Waals surface area (Å²) in [5.74, 6) is 0.885. The van der Waals surface area contributed by atoms with Gasteiger partial charge in [0.15, 0.2) is 0 Å². The maximum Gasteiger partial charge on any atom is 0.119 e. The van der Waals surface area contributed by atoms with E-state index in [2.05, 4.69) is 192 Å². The number of fused-ring (bicyclic) bond motifs is 8. The molecule has 4 aromatic carbocycles. The molecule has 3 aliphatic rings. The van der Waals surface area contributed by atoms with Crippen LogP contribution in [-0.2, 0) is 0 Å². The van der Waals surface area contributed by atoms with E-state index in [1.54, 1.807) is 5.57 Å². The fourth-order valence-corrected chi connectivity index (χ4v) is 8.98. The highest BCUT2D eigenvalue weighted by Gasteiger charge is 2.19. The molecular formula is C57H50N4O. The van der Waals surface area contributed by atoms with Crippen LogP contribution in [0.25, 0.3) is 90.9 Å². The summed E-state index contributed by atoms with van der Waals surface area (Å²) in [4.78, 5) is 18.6. The lowest BCUT2D eigenvalue weighted by molar-refractivity contribution is 0.304. The number of rotatable bonds is 14. The molecule has 5 nitrogen and oxygen atoms in total. The monoisotopic (exact) mass is 806 g/mol. The second-order valence-corrected chi connectivity index (χ2v) is 16.3. The van der Waals surface area contributed by atoms with Gasteiger partial charge in [-0.15, -0.1) is 0 Å². The summed E-state index contributed by atoms with van der Waals surface area (Å²) in [6.07, 6.45) is 25.1. The summed E-state index contributed by atoms with van der Waals surface area (Å²) in [5, 5.41) is 0. The third kappa shape index (κ3) is 8.39. The van der Waals surface area contributed by atoms with Crippen molar-refractivity contribution in [2.45, 2.75) is 51.4 Å². The summed E-state index contributed by atoms with van der Waals surface area (Å²) in [7, 11) is 0. The van der Waals surface area contributed by atoms with E-state index in [1.165, 1.54) is 38.5 Å². The molecule has 62 heavy (non-hydrogen) atoms. The van der Waals surface area contributed by atoms with Crippen LogP contribution in [0.5, 0.6) is 5.75 Å². The molecule has 304 valence electrons. The lowest BCUT2D eigenvalue weighted by Gasteiger charge is -2.09. The Balaban J connectivity index is 1.06. The van der Waals surface area contributed by atoms with Gasteiger partial charge in [0, 0.05) is 44.3 Å². The molecule has 8 bridgehead atoms. The largest absolute Gasteiger partial charge is 0.494 e. The lowest BCUT2D eigenvalue weighted by Crippen LogP contribution is -1.97. The van der Waals surface area contributed by atoms with E-state index in [0.29, 0.717) is 0 Å². The average molecular weight is 807 g/mol. The van der Waals surface area contributed by atoms with Crippen molar-refractivity contribution in [3.05, 3.63) is 186 Å². The number of unbranched alkanes of at least 4 members (excludes halogenated alkanes) is 5. The summed E-state index contributed by atoms with van der Waals surface area (Å²) in [5.41, 5.74) is 17.5. The molecule has 0 unspecified atom stereocenters. The number of nitrogens with zero attached hydrogens (tertiary/aromatic N) is 2. The predicted octanol–water partition coefficient (Wildman–Crippen LogP) is 15.3. The third-order valence-electron chi connectivity index (χ3n) is 12.1. The Morgan fingerprint density at radius 1 is 0.419 bits per heavy atom. The van der Waals surface area contributed by atoms with Crippen LogP contribution in [0.15, 0.2) is 163 Å². The van der Waals surface area contributed by atoms with Crippen LogP contribution in [0, 0.1) is 0 Å². The number of ether oxygens (including phenoxy) is 1. The Hall–Kier alpha value is -7.24. The number of nitrogens with one attached hydrogen (secondary N) is 2. The third-order valence-corrected chi connectivity index (χ3v) is 12.1. The molecular weight excluding hydrogens is 757 g/mol. The zero-order valence-corrected chi connectivity index (χ0v) is 35.0. The molecule has 5 heterocycles. The van der Waals surface area contributed by atoms with E-state index in [4.69, 9.17) is 14.7 Å². The van der Waals surface area contributed by atoms with Crippen molar-refractivity contribution in [1.29, 1.82) is 0 Å². The number of aromatic nitrogens is 4. The summed E-state index contributed by atoms with van der Waals surface area (Å²) in [6, 6.07) is 48.9. The predicted molar refractivity (Wildman–Crippen MR) is 260 cm³/mol. The van der Waals surface area contributed by atoms with Crippen molar-refractivity contribution >= 4 is 46.4 Å². The van der Waals surface area contributed by atoms with Crippen molar-refractivity contribution in [3.63, 3.8) is 0 Å². The molecule has 0 fully saturated rings. The zero-order valence-electron chi connectivity index (χ0n) is 35.0. The van der Waals surface area contributed by atoms with E-state index in [0.717, 1.165) is 115 Å². The molecule has 0 spiro atoms. The van der Waals surface area contributed by atoms with Gasteiger partial charge in [0.25, 0.3) is 0 Å². The van der Waals surface area contributed by atoms with Crippen LogP contribution >= 0.6 is 0 Å². The van der Waals surface area contributed by atoms with Gasteiger partial charge >= 0.3 is 0 Å². The molecule has 0 amide bonds. The molecule has 3 aromatic heterocycles. The van der Waals surface area contributed by atoms with Gasteiger partial charge in [-0.05, 0) is 109 Å². The van der Waals surface area contributed by atoms with Gasteiger partial charge in [-0.3, -0.25) is 0 Å². The molecule has 0 radical (unpaired) electrons. The maximum atomic E-state index is 6.28. The number of allylic oxidation sites excluding steroid dienone is 4. The zero-order chi connectivity index (χ0) is 41.5. The molecule has 0 saturated carbocycles. The van der Waals surface area contributed by atoms with Crippen molar-refractivity contribution in [1.82, 2.24) is 19.9 Å². The highest BCUT2D eigenvalue weighted by Crippen LogP contribution is 2.38. The number of benzene rings is 4. The molecule has 0 saturated heterocycles. The SMILES string of the molecule is C1=CCC(CCCCCCCCOc2ccc(-c3c4nc(c(-c5ccccc5)c5ccc([nH]5)c(-c5ccccc5)c5nc(c(-c6ccccc6)c6ccc3[nH]6)C=C5)C=C4)cc2)=C1. The van der Waals surface area contributed by atoms with Crippen LogP contribution in [-0.4, -0.2) is 26.5 Å². The highest BCUT2D eigenvalue weighted by molar-refractivity contribution is 5.99. The smallest absolute Gasteiger partial charge is 0.119 e. The molecule has 7 aromatic rings. The standard InChI is InChI=1S/C57H50N4O/c1(3-8-18-40-19-15-16-20-40)2-4-17-39-62-45-29-27-44(28-30-45)57-52-37-35-50(60-52)55(42-23-11-6-12-24-42)48-33-31-46(58-48)54(41-21-9-5-10-22-41)47-32-34-49(59-47)56(43-25-13-7-14-26-43)51-36-38-53(57)61-51/h5-7,9-16,19,21-38,58,61H,1-4,8,17-18,20,39H2. The number of aromatic amines is 2. The van der Waals surface area contributed by atoms with E-state index >= 15 is 0 Å². The lowest BCUT2D eigenvalue weighted by atomic mass is 10.0. The van der Waals surface area contributed by atoms with Gasteiger partial charge < -0.3 is 14.7 Å². The molecule has 5 heteroatoms. The van der Waals surface area contributed by atoms with Gasteiger partial charge in [0.1, 0.15) is 5.75 Å². The Bertz CT molecular complexity index is 2950.